The number of nitrogens with zero attached hydrogens (tertiary/aromatic N) is 1. The van der Waals surface area contributed by atoms with E-state index in [2.05, 4.69) is 15.7 Å². The summed E-state index contributed by atoms with van der Waals surface area (Å²) in [6.45, 7) is 3.63. The predicted octanol–water partition coefficient (Wildman–Crippen LogP) is -0.0709. The zero-order chi connectivity index (χ0) is 26.1. The van der Waals surface area contributed by atoms with Gasteiger partial charge in [0.1, 0.15) is 12.1 Å². The van der Waals surface area contributed by atoms with E-state index < -0.39 is 42.6 Å². The molecule has 3 amide bonds. The third-order valence-corrected chi connectivity index (χ3v) is 5.14. The number of phenolic OH excluding ortho intramolecular Hbond substituents is 2. The summed E-state index contributed by atoms with van der Waals surface area (Å²) in [4.78, 5) is 48.9. The summed E-state index contributed by atoms with van der Waals surface area (Å²) in [5.41, 5.74) is 1.76. The highest BCUT2D eigenvalue weighted by Crippen LogP contribution is 2.25. The largest absolute Gasteiger partial charge is 0.518 e. The Morgan fingerprint density at radius 3 is 2.26 bits per heavy atom. The van der Waals surface area contributed by atoms with Crippen LogP contribution in [0.3, 0.4) is 0 Å². The molecule has 0 saturated carbocycles. The van der Waals surface area contributed by atoms with Crippen LogP contribution in [0.15, 0.2) is 47.6 Å². The molecule has 186 valence electrons. The summed E-state index contributed by atoms with van der Waals surface area (Å²) >= 11 is 0. The molecule has 2 atom stereocenters. The zero-order valence-electron chi connectivity index (χ0n) is 19.1. The summed E-state index contributed by atoms with van der Waals surface area (Å²) in [7, 11) is -1.77. The fourth-order valence-corrected chi connectivity index (χ4v) is 3.42. The molecule has 0 radical (unpaired) electrons. The Kier molecular flexibility index (Phi) is 9.73. The van der Waals surface area contributed by atoms with Crippen LogP contribution in [0.1, 0.15) is 36.2 Å². The fraction of sp³-hybridized carbons (Fsp3) is 0.318. The second-order valence-electron chi connectivity index (χ2n) is 8.29. The second kappa shape index (κ2) is 12.5. The first-order chi connectivity index (χ1) is 16.6. The van der Waals surface area contributed by atoms with Crippen LogP contribution in [0.2, 0.25) is 0 Å². The minimum Gasteiger partial charge on any atom is -0.504 e. The third-order valence-electron chi connectivity index (χ3n) is 5.14. The van der Waals surface area contributed by atoms with Crippen LogP contribution in [0.25, 0.3) is 0 Å². The minimum absolute atomic E-state index is 0.0339. The van der Waals surface area contributed by atoms with Crippen molar-refractivity contribution in [2.45, 2.75) is 38.8 Å². The highest BCUT2D eigenvalue weighted by Gasteiger charge is 2.30. The maximum absolute atomic E-state index is 13.1. The molecule has 0 heterocycles. The van der Waals surface area contributed by atoms with Gasteiger partial charge in [-0.05, 0) is 41.6 Å². The first-order valence-electron chi connectivity index (χ1n) is 10.7. The van der Waals surface area contributed by atoms with E-state index >= 15 is 0 Å². The van der Waals surface area contributed by atoms with Crippen molar-refractivity contribution in [3.63, 3.8) is 0 Å². The molecule has 0 unspecified atom stereocenters. The number of rotatable bonds is 11. The highest BCUT2D eigenvalue weighted by molar-refractivity contribution is 6.65. The van der Waals surface area contributed by atoms with Crippen molar-refractivity contribution in [3.05, 3.63) is 58.5 Å². The molecule has 0 spiro atoms. The van der Waals surface area contributed by atoms with Gasteiger partial charge in [0.05, 0.1) is 0 Å². The lowest BCUT2D eigenvalue weighted by Crippen LogP contribution is -2.55. The first-order valence-corrected chi connectivity index (χ1v) is 10.7. The summed E-state index contributed by atoms with van der Waals surface area (Å²) in [5, 5.41) is 45.6. The molecule has 2 rings (SSSR count). The van der Waals surface area contributed by atoms with Crippen molar-refractivity contribution in [1.29, 1.82) is 0 Å². The van der Waals surface area contributed by atoms with Gasteiger partial charge in [-0.25, -0.2) is 5.48 Å². The van der Waals surface area contributed by atoms with E-state index in [1.807, 2.05) is 13.8 Å². The Hall–Kier alpha value is -3.97. The van der Waals surface area contributed by atoms with Crippen molar-refractivity contribution >= 4 is 30.2 Å². The van der Waals surface area contributed by atoms with Gasteiger partial charge in [0.2, 0.25) is 5.91 Å². The van der Waals surface area contributed by atoms with E-state index in [-0.39, 0.29) is 35.5 Å². The Morgan fingerprint density at radius 1 is 0.971 bits per heavy atom. The molecule has 0 aromatic heterocycles. The van der Waals surface area contributed by atoms with Crippen LogP contribution in [0, 0.1) is 10.8 Å². The van der Waals surface area contributed by atoms with E-state index in [1.54, 1.807) is 0 Å². The minimum atomic E-state index is -1.77. The van der Waals surface area contributed by atoms with Crippen LogP contribution in [0.5, 0.6) is 11.5 Å². The second-order valence-corrected chi connectivity index (χ2v) is 8.29. The van der Waals surface area contributed by atoms with Crippen molar-refractivity contribution < 1.29 is 34.8 Å². The molecule has 35 heavy (non-hydrogen) atoms. The highest BCUT2D eigenvalue weighted by atomic mass is 16.5. The lowest BCUT2D eigenvalue weighted by molar-refractivity contribution is -0.135. The molecule has 2 aromatic rings. The first kappa shape index (κ1) is 27.3. The van der Waals surface area contributed by atoms with E-state index in [0.717, 1.165) is 0 Å². The Balaban J connectivity index is 2.25. The van der Waals surface area contributed by atoms with E-state index in [0.29, 0.717) is 5.56 Å². The summed E-state index contributed by atoms with van der Waals surface area (Å²) in [6, 6.07) is 7.19. The van der Waals surface area contributed by atoms with Gasteiger partial charge in [0, 0.05) is 12.0 Å². The van der Waals surface area contributed by atoms with Crippen LogP contribution in [-0.2, 0) is 16.0 Å². The van der Waals surface area contributed by atoms with E-state index in [1.165, 1.54) is 47.9 Å². The van der Waals surface area contributed by atoms with Crippen molar-refractivity contribution in [2.24, 2.45) is 11.0 Å². The summed E-state index contributed by atoms with van der Waals surface area (Å²) in [5.74, 6) is -3.25. The molecule has 0 aliphatic rings. The number of carbonyl (C=O) groups excluding carboxylic acids is 3. The molecular formula is C22H27BN4O8. The van der Waals surface area contributed by atoms with Gasteiger partial charge in [-0.15, -0.1) is 0 Å². The van der Waals surface area contributed by atoms with Crippen LogP contribution >= 0.6 is 0 Å². The number of hydrogen-bond donors (Lipinski definition) is 7. The van der Waals surface area contributed by atoms with Crippen LogP contribution < -0.4 is 21.6 Å². The van der Waals surface area contributed by atoms with Gasteiger partial charge in [0.25, 0.3) is 11.8 Å². The third kappa shape index (κ3) is 7.52. The quantitative estimate of drug-likeness (QED) is 0.0753. The smallest absolute Gasteiger partial charge is 0.504 e. The van der Waals surface area contributed by atoms with Gasteiger partial charge in [-0.1, -0.05) is 43.2 Å². The normalized spacial score (nSPS) is 12.4. The van der Waals surface area contributed by atoms with Gasteiger partial charge in [-0.2, -0.15) is 4.91 Å². The fourth-order valence-electron chi connectivity index (χ4n) is 3.42. The van der Waals surface area contributed by atoms with Gasteiger partial charge >= 0.3 is 7.05 Å². The van der Waals surface area contributed by atoms with Crippen LogP contribution in [-0.4, -0.2) is 57.3 Å². The van der Waals surface area contributed by atoms with Crippen molar-refractivity contribution in [3.8, 4) is 11.5 Å². The number of aromatic hydroxyl groups is 2. The number of hydroxylamine groups is 1. The monoisotopic (exact) mass is 486 g/mol. The predicted molar refractivity (Wildman–Crippen MR) is 126 cm³/mol. The van der Waals surface area contributed by atoms with E-state index in [4.69, 9.17) is 5.21 Å². The number of nitrogens with one attached hydrogen (secondary N) is 3. The summed E-state index contributed by atoms with van der Waals surface area (Å²) < 4.78 is 0. The number of benzene rings is 2. The number of hydrogen-bond acceptors (Lipinski definition) is 9. The molecular weight excluding hydrogens is 459 g/mol. The zero-order valence-corrected chi connectivity index (χ0v) is 19.1. The molecule has 13 heteroatoms. The molecule has 2 aromatic carbocycles. The number of carbonyl (C=O) groups is 3. The SMILES string of the molecule is CC(C)C[C@H](NC(=O)c1ccccc1B(O)N=O)C(=O)N[C@@H](Cc1ccc(O)c(O)c1)C(=O)NO. The summed E-state index contributed by atoms with van der Waals surface area (Å²) in [6.07, 6.45) is 0.0377. The molecule has 0 aliphatic carbocycles. The average molecular weight is 486 g/mol. The Labute approximate surface area is 201 Å². The van der Waals surface area contributed by atoms with E-state index in [9.17, 15) is 34.5 Å². The number of phenols is 2. The van der Waals surface area contributed by atoms with Crippen molar-refractivity contribution in [2.75, 3.05) is 0 Å². The van der Waals surface area contributed by atoms with Gasteiger partial charge < -0.3 is 25.9 Å². The molecule has 0 bridgehead atoms. The van der Waals surface area contributed by atoms with Crippen LogP contribution in [0.4, 0.5) is 0 Å². The topological polar surface area (TPSA) is 198 Å². The Bertz CT molecular complexity index is 1080. The lowest BCUT2D eigenvalue weighted by Gasteiger charge is -2.24. The maximum Gasteiger partial charge on any atom is 0.518 e. The van der Waals surface area contributed by atoms with Gasteiger partial charge in [-0.3, -0.25) is 19.6 Å². The maximum atomic E-state index is 13.1. The Morgan fingerprint density at radius 2 is 1.66 bits per heavy atom. The molecule has 7 N–H and O–H groups in total. The molecule has 0 fully saturated rings. The lowest BCUT2D eigenvalue weighted by atomic mass is 9.73. The molecule has 0 aliphatic heterocycles. The standard InChI is InChI=1S/C22H27BN4O8/c1-12(2)9-16(24-20(30)14-5-3-4-6-15(14)23(33)27-35)21(31)25-17(22(32)26-34)10-13-7-8-18(28)19(29)11-13/h3-8,11-12,16-17,28-29,33-34H,9-10H2,1-2H3,(H,24,30)(H,25,31)(H,26,32)/t16-,17-/m0/s1. The van der Waals surface area contributed by atoms with Crippen molar-refractivity contribution in [1.82, 2.24) is 16.1 Å². The average Bonchev–Trinajstić information content (AvgIpc) is 2.83. The number of amides is 3. The number of nitroso groups, excluding NO2 is 1. The molecule has 0 saturated heterocycles. The van der Waals surface area contributed by atoms with Gasteiger partial charge in [0.15, 0.2) is 11.5 Å². The molecule has 12 nitrogen and oxygen atoms in total.